The van der Waals surface area contributed by atoms with E-state index in [2.05, 4.69) is 52.8 Å². The van der Waals surface area contributed by atoms with Crippen LogP contribution in [0.5, 0.6) is 5.75 Å². The molecule has 1 aliphatic carbocycles. The Morgan fingerprint density at radius 3 is 2.77 bits per heavy atom. The highest BCUT2D eigenvalue weighted by Gasteiger charge is 2.38. The van der Waals surface area contributed by atoms with Crippen LogP contribution in [0.3, 0.4) is 0 Å². The fourth-order valence-electron chi connectivity index (χ4n) is 4.48. The molecule has 5 rings (SSSR count). The smallest absolute Gasteiger partial charge is 0.248 e. The summed E-state index contributed by atoms with van der Waals surface area (Å²) in [7, 11) is 0. The Hall–Kier alpha value is -3.11. The van der Waals surface area contributed by atoms with Gasteiger partial charge in [0.15, 0.2) is 0 Å². The summed E-state index contributed by atoms with van der Waals surface area (Å²) in [5.74, 6) is 2.25. The van der Waals surface area contributed by atoms with Gasteiger partial charge in [-0.1, -0.05) is 42.5 Å². The molecule has 0 spiro atoms. The van der Waals surface area contributed by atoms with Crippen molar-refractivity contribution in [3.63, 3.8) is 0 Å². The highest BCUT2D eigenvalue weighted by molar-refractivity contribution is 5.86. The first-order valence-corrected chi connectivity index (χ1v) is 11.2. The van der Waals surface area contributed by atoms with E-state index in [9.17, 15) is 4.79 Å². The molecular weight excluding hydrogens is 384 g/mol. The number of pyridine rings is 1. The molecule has 31 heavy (non-hydrogen) atoms. The van der Waals surface area contributed by atoms with Crippen molar-refractivity contribution in [2.75, 3.05) is 19.7 Å². The van der Waals surface area contributed by atoms with Gasteiger partial charge in [-0.15, -0.1) is 0 Å². The average Bonchev–Trinajstić information content (AvgIpc) is 3.57. The highest BCUT2D eigenvalue weighted by atomic mass is 16.5. The van der Waals surface area contributed by atoms with Crippen molar-refractivity contribution in [2.24, 2.45) is 5.92 Å². The molecule has 2 N–H and O–H groups in total. The topological polar surface area (TPSA) is 54.1 Å². The largest absolute Gasteiger partial charge is 0.494 e. The molecule has 1 aliphatic rings. The molecule has 1 saturated carbocycles. The molecule has 0 amide bonds. The fourth-order valence-corrected chi connectivity index (χ4v) is 4.48. The summed E-state index contributed by atoms with van der Waals surface area (Å²) in [5, 5.41) is 7.39. The average molecular weight is 413 g/mol. The van der Waals surface area contributed by atoms with Crippen LogP contribution in [-0.4, -0.2) is 24.7 Å². The van der Waals surface area contributed by atoms with Gasteiger partial charge in [0.05, 0.1) is 12.1 Å². The van der Waals surface area contributed by atoms with Crippen molar-refractivity contribution in [3.8, 4) is 5.75 Å². The summed E-state index contributed by atoms with van der Waals surface area (Å²) >= 11 is 0. The second kappa shape index (κ2) is 8.94. The second-order valence-corrected chi connectivity index (χ2v) is 8.50. The van der Waals surface area contributed by atoms with Crippen LogP contribution >= 0.6 is 0 Å². The normalized spacial score (nSPS) is 17.8. The summed E-state index contributed by atoms with van der Waals surface area (Å²) in [6.45, 7) is 2.80. The van der Waals surface area contributed by atoms with Crippen LogP contribution in [0.25, 0.3) is 21.7 Å². The molecule has 0 saturated heterocycles. The van der Waals surface area contributed by atoms with Crippen LogP contribution in [-0.2, 0) is 0 Å². The summed E-state index contributed by atoms with van der Waals surface area (Å²) in [4.78, 5) is 14.3. The van der Waals surface area contributed by atoms with Crippen LogP contribution in [0.1, 0.15) is 30.7 Å². The standard InChI is InChI=1S/C27H28N2O2/c30-27-13-11-20-10-12-22(17-26(20)29-27)31-15-4-3-14-28-18-21-16-25(21)24-9-5-7-19-6-1-2-8-23(19)24/h1-2,5-13,17,21,25,28H,3-4,14-16,18H2,(H,29,30). The van der Waals surface area contributed by atoms with E-state index in [-0.39, 0.29) is 5.56 Å². The maximum Gasteiger partial charge on any atom is 0.248 e. The minimum absolute atomic E-state index is 0.0888. The van der Waals surface area contributed by atoms with Crippen molar-refractivity contribution in [1.82, 2.24) is 10.3 Å². The molecule has 1 heterocycles. The van der Waals surface area contributed by atoms with Crippen molar-refractivity contribution in [1.29, 1.82) is 0 Å². The second-order valence-electron chi connectivity index (χ2n) is 8.50. The molecule has 3 aromatic carbocycles. The van der Waals surface area contributed by atoms with Crippen molar-refractivity contribution in [2.45, 2.75) is 25.2 Å². The number of nitrogens with one attached hydrogen (secondary N) is 2. The van der Waals surface area contributed by atoms with Gasteiger partial charge in [-0.05, 0) is 84.1 Å². The van der Waals surface area contributed by atoms with E-state index in [0.29, 0.717) is 12.5 Å². The first-order valence-electron chi connectivity index (χ1n) is 11.2. The number of fused-ring (bicyclic) bond motifs is 2. The van der Waals surface area contributed by atoms with Crippen LogP contribution in [0.4, 0.5) is 0 Å². The van der Waals surface area contributed by atoms with Crippen LogP contribution in [0, 0.1) is 5.92 Å². The Kier molecular flexibility index (Phi) is 5.72. The van der Waals surface area contributed by atoms with Gasteiger partial charge in [-0.25, -0.2) is 0 Å². The summed E-state index contributed by atoms with van der Waals surface area (Å²) in [6.07, 6.45) is 3.39. The number of H-pyrrole nitrogens is 1. The number of hydrogen-bond donors (Lipinski definition) is 2. The lowest BCUT2D eigenvalue weighted by Gasteiger charge is -2.09. The molecule has 4 heteroatoms. The zero-order valence-electron chi connectivity index (χ0n) is 17.6. The first-order chi connectivity index (χ1) is 15.3. The zero-order valence-corrected chi connectivity index (χ0v) is 17.6. The van der Waals surface area contributed by atoms with E-state index in [0.717, 1.165) is 48.5 Å². The van der Waals surface area contributed by atoms with Gasteiger partial charge in [-0.2, -0.15) is 0 Å². The Bertz CT molecular complexity index is 1240. The molecule has 0 radical (unpaired) electrons. The summed E-state index contributed by atoms with van der Waals surface area (Å²) in [6, 6.07) is 24.6. The number of benzene rings is 3. The predicted octanol–water partition coefficient (Wildman–Crippen LogP) is 5.23. The molecule has 1 aromatic heterocycles. The van der Waals surface area contributed by atoms with E-state index in [1.54, 1.807) is 6.07 Å². The lowest BCUT2D eigenvalue weighted by Crippen LogP contribution is -2.19. The SMILES string of the molecule is O=c1ccc2ccc(OCCCCNCC3CC3c3cccc4ccccc34)cc2[nH]1. The number of ether oxygens (including phenoxy) is 1. The van der Waals surface area contributed by atoms with Gasteiger partial charge in [0.25, 0.3) is 0 Å². The lowest BCUT2D eigenvalue weighted by molar-refractivity contribution is 0.306. The van der Waals surface area contributed by atoms with E-state index in [1.165, 1.54) is 22.8 Å². The third-order valence-electron chi connectivity index (χ3n) is 6.27. The molecule has 2 unspecified atom stereocenters. The predicted molar refractivity (Wildman–Crippen MR) is 127 cm³/mol. The Morgan fingerprint density at radius 2 is 1.81 bits per heavy atom. The van der Waals surface area contributed by atoms with E-state index in [1.807, 2.05) is 24.3 Å². The summed E-state index contributed by atoms with van der Waals surface area (Å²) < 4.78 is 5.86. The molecule has 158 valence electrons. The van der Waals surface area contributed by atoms with Crippen LogP contribution < -0.4 is 15.6 Å². The van der Waals surface area contributed by atoms with E-state index >= 15 is 0 Å². The molecular formula is C27H28N2O2. The highest BCUT2D eigenvalue weighted by Crippen LogP contribution is 2.48. The maximum absolute atomic E-state index is 11.5. The Morgan fingerprint density at radius 1 is 0.935 bits per heavy atom. The van der Waals surface area contributed by atoms with E-state index < -0.39 is 0 Å². The van der Waals surface area contributed by atoms with Crippen LogP contribution in [0.15, 0.2) is 77.6 Å². The molecule has 1 fully saturated rings. The van der Waals surface area contributed by atoms with Gasteiger partial charge in [-0.3, -0.25) is 4.79 Å². The zero-order chi connectivity index (χ0) is 21.0. The first kappa shape index (κ1) is 19.8. The number of rotatable bonds is 9. The van der Waals surface area contributed by atoms with Gasteiger partial charge in [0.2, 0.25) is 5.56 Å². The Labute approximate surface area is 182 Å². The Balaban J connectivity index is 1.02. The van der Waals surface area contributed by atoms with Crippen molar-refractivity contribution < 1.29 is 4.74 Å². The third-order valence-corrected chi connectivity index (χ3v) is 6.27. The number of hydrogen-bond acceptors (Lipinski definition) is 3. The van der Waals surface area contributed by atoms with Gasteiger partial charge in [0.1, 0.15) is 5.75 Å². The number of aromatic amines is 1. The molecule has 4 aromatic rings. The van der Waals surface area contributed by atoms with Crippen LogP contribution in [0.2, 0.25) is 0 Å². The minimum atomic E-state index is -0.0888. The van der Waals surface area contributed by atoms with Crippen molar-refractivity contribution >= 4 is 21.7 Å². The number of unbranched alkanes of at least 4 members (excludes halogenated alkanes) is 1. The quantitative estimate of drug-likeness (QED) is 0.370. The summed E-state index contributed by atoms with van der Waals surface area (Å²) in [5.41, 5.74) is 2.24. The molecule has 4 nitrogen and oxygen atoms in total. The van der Waals surface area contributed by atoms with Gasteiger partial charge in [0, 0.05) is 12.1 Å². The van der Waals surface area contributed by atoms with Gasteiger partial charge >= 0.3 is 0 Å². The molecule has 0 aliphatic heterocycles. The molecule has 2 atom stereocenters. The van der Waals surface area contributed by atoms with Gasteiger partial charge < -0.3 is 15.0 Å². The third kappa shape index (κ3) is 4.64. The maximum atomic E-state index is 11.5. The van der Waals surface area contributed by atoms with E-state index in [4.69, 9.17) is 4.74 Å². The lowest BCUT2D eigenvalue weighted by atomic mass is 10.0. The van der Waals surface area contributed by atoms with Crippen molar-refractivity contribution in [3.05, 3.63) is 88.7 Å². The minimum Gasteiger partial charge on any atom is -0.494 e. The fraction of sp³-hybridized carbons (Fsp3) is 0.296. The monoisotopic (exact) mass is 412 g/mol. The molecule has 0 bridgehead atoms. The number of aromatic nitrogens is 1.